The topological polar surface area (TPSA) is 78.0 Å². The molecule has 0 atom stereocenters. The zero-order chi connectivity index (χ0) is 13.4. The molecular weight excluding hydrogens is 266 g/mol. The predicted molar refractivity (Wildman–Crippen MR) is 73.2 cm³/mol. The number of fused-ring (bicyclic) bond motifs is 1. The number of halogens is 1. The average molecular weight is 280 g/mol. The molecule has 0 spiro atoms. The Hall–Kier alpha value is -1.43. The van der Waals surface area contributed by atoms with E-state index < -0.39 is 0 Å². The maximum atomic E-state index is 11.9. The molecule has 0 aliphatic heterocycles. The Kier molecular flexibility index (Phi) is 3.26. The zero-order valence-electron chi connectivity index (χ0n) is 10.2. The second kappa shape index (κ2) is 4.92. The Labute approximate surface area is 114 Å². The van der Waals surface area contributed by atoms with E-state index in [1.54, 1.807) is 18.2 Å². The first-order valence-corrected chi connectivity index (χ1v) is 6.59. The summed E-state index contributed by atoms with van der Waals surface area (Å²) in [6, 6.07) is 5.33. The number of nitrogens with one attached hydrogen (secondary N) is 2. The Morgan fingerprint density at radius 2 is 2.26 bits per heavy atom. The highest BCUT2D eigenvalue weighted by Gasteiger charge is 2.26. The van der Waals surface area contributed by atoms with Gasteiger partial charge in [0.25, 0.3) is 5.56 Å². The monoisotopic (exact) mass is 279 g/mol. The second-order valence-corrected chi connectivity index (χ2v) is 5.31. The lowest BCUT2D eigenvalue weighted by molar-refractivity contribution is 0.0616. The number of nitrogens with zero attached hydrogens (tertiary/aromatic N) is 1. The van der Waals surface area contributed by atoms with E-state index in [4.69, 9.17) is 11.6 Å². The first-order chi connectivity index (χ1) is 9.11. The SMILES string of the molecule is O=c1[nH]c(CNC2CC(O)C2)nc2cc(Cl)ccc12. The zero-order valence-corrected chi connectivity index (χ0v) is 10.9. The van der Waals surface area contributed by atoms with Crippen molar-refractivity contribution in [3.63, 3.8) is 0 Å². The van der Waals surface area contributed by atoms with Gasteiger partial charge in [-0.05, 0) is 31.0 Å². The van der Waals surface area contributed by atoms with Gasteiger partial charge in [0.15, 0.2) is 0 Å². The number of hydrogen-bond acceptors (Lipinski definition) is 4. The molecule has 1 saturated carbocycles. The van der Waals surface area contributed by atoms with E-state index >= 15 is 0 Å². The summed E-state index contributed by atoms with van der Waals surface area (Å²) in [4.78, 5) is 19.0. The van der Waals surface area contributed by atoms with Gasteiger partial charge in [0.1, 0.15) is 5.82 Å². The molecule has 0 unspecified atom stereocenters. The smallest absolute Gasteiger partial charge is 0.258 e. The molecule has 2 aromatic rings. The number of rotatable bonds is 3. The fourth-order valence-electron chi connectivity index (χ4n) is 2.24. The summed E-state index contributed by atoms with van der Waals surface area (Å²) in [6.45, 7) is 0.481. The lowest BCUT2D eigenvalue weighted by atomic mass is 9.89. The van der Waals surface area contributed by atoms with E-state index in [9.17, 15) is 9.90 Å². The minimum absolute atomic E-state index is 0.160. The Morgan fingerprint density at radius 1 is 1.47 bits per heavy atom. The van der Waals surface area contributed by atoms with Crippen LogP contribution in [0.4, 0.5) is 0 Å². The number of aliphatic hydroxyl groups is 1. The van der Waals surface area contributed by atoms with Gasteiger partial charge in [0.05, 0.1) is 23.6 Å². The van der Waals surface area contributed by atoms with Crippen LogP contribution >= 0.6 is 11.6 Å². The van der Waals surface area contributed by atoms with Crippen molar-refractivity contribution in [2.45, 2.75) is 31.5 Å². The van der Waals surface area contributed by atoms with Crippen LogP contribution in [0.2, 0.25) is 5.02 Å². The molecule has 0 saturated heterocycles. The number of hydrogen-bond donors (Lipinski definition) is 3. The van der Waals surface area contributed by atoms with Crippen molar-refractivity contribution < 1.29 is 5.11 Å². The number of aliphatic hydroxyl groups excluding tert-OH is 1. The van der Waals surface area contributed by atoms with Crippen LogP contribution in [-0.2, 0) is 6.54 Å². The first-order valence-electron chi connectivity index (χ1n) is 6.22. The number of aromatic amines is 1. The third kappa shape index (κ3) is 2.63. The lowest BCUT2D eigenvalue weighted by Crippen LogP contribution is -2.44. The third-order valence-corrected chi connectivity index (χ3v) is 3.62. The Balaban J connectivity index is 1.82. The van der Waals surface area contributed by atoms with Gasteiger partial charge in [-0.2, -0.15) is 0 Å². The van der Waals surface area contributed by atoms with Crippen LogP contribution in [0.3, 0.4) is 0 Å². The molecule has 5 nitrogen and oxygen atoms in total. The molecule has 1 fully saturated rings. The van der Waals surface area contributed by atoms with Gasteiger partial charge in [-0.25, -0.2) is 4.98 Å². The fraction of sp³-hybridized carbons (Fsp3) is 0.385. The minimum atomic E-state index is -0.195. The minimum Gasteiger partial charge on any atom is -0.393 e. The molecule has 100 valence electrons. The molecule has 0 amide bonds. The number of aromatic nitrogens is 2. The highest BCUT2D eigenvalue weighted by molar-refractivity contribution is 6.31. The average Bonchev–Trinajstić information content (AvgIpc) is 2.32. The van der Waals surface area contributed by atoms with Crippen molar-refractivity contribution >= 4 is 22.5 Å². The molecule has 0 bridgehead atoms. The van der Waals surface area contributed by atoms with Crippen molar-refractivity contribution in [3.8, 4) is 0 Å². The maximum absolute atomic E-state index is 11.9. The van der Waals surface area contributed by atoms with Gasteiger partial charge < -0.3 is 15.4 Å². The maximum Gasteiger partial charge on any atom is 0.258 e. The van der Waals surface area contributed by atoms with Gasteiger partial charge in [0.2, 0.25) is 0 Å². The van der Waals surface area contributed by atoms with Gasteiger partial charge in [-0.3, -0.25) is 4.79 Å². The Bertz CT molecular complexity index is 664. The van der Waals surface area contributed by atoms with E-state index in [2.05, 4.69) is 15.3 Å². The van der Waals surface area contributed by atoms with Gasteiger partial charge in [-0.1, -0.05) is 11.6 Å². The van der Waals surface area contributed by atoms with E-state index in [-0.39, 0.29) is 11.7 Å². The normalized spacial score (nSPS) is 22.4. The van der Waals surface area contributed by atoms with Gasteiger partial charge >= 0.3 is 0 Å². The second-order valence-electron chi connectivity index (χ2n) is 4.88. The standard InChI is InChI=1S/C13H14ClN3O2/c14-7-1-2-10-11(3-7)16-12(17-13(10)19)6-15-8-4-9(18)5-8/h1-3,8-9,15,18H,4-6H2,(H,16,17,19). The van der Waals surface area contributed by atoms with Crippen LogP contribution in [0.1, 0.15) is 18.7 Å². The summed E-state index contributed by atoms with van der Waals surface area (Å²) in [5.41, 5.74) is 0.439. The number of benzene rings is 1. The van der Waals surface area contributed by atoms with Crippen LogP contribution in [0.25, 0.3) is 10.9 Å². The molecule has 19 heavy (non-hydrogen) atoms. The molecule has 1 heterocycles. The first kappa shape index (κ1) is 12.6. The lowest BCUT2D eigenvalue weighted by Gasteiger charge is -2.31. The van der Waals surface area contributed by atoms with Crippen molar-refractivity contribution in [2.24, 2.45) is 0 Å². The summed E-state index contributed by atoms with van der Waals surface area (Å²) in [7, 11) is 0. The van der Waals surface area contributed by atoms with E-state index in [0.29, 0.717) is 34.3 Å². The predicted octanol–water partition coefficient (Wildman–Crippen LogP) is 1.19. The molecule has 1 aromatic carbocycles. The van der Waals surface area contributed by atoms with E-state index in [1.165, 1.54) is 0 Å². The van der Waals surface area contributed by atoms with Gasteiger partial charge in [0, 0.05) is 11.1 Å². The third-order valence-electron chi connectivity index (χ3n) is 3.39. The summed E-state index contributed by atoms with van der Waals surface area (Å²) in [5.74, 6) is 0.584. The van der Waals surface area contributed by atoms with Crippen molar-refractivity contribution in [3.05, 3.63) is 39.4 Å². The summed E-state index contributed by atoms with van der Waals surface area (Å²) in [6.07, 6.45) is 1.31. The highest BCUT2D eigenvalue weighted by atomic mass is 35.5. The van der Waals surface area contributed by atoms with Gasteiger partial charge in [-0.15, -0.1) is 0 Å². The number of H-pyrrole nitrogens is 1. The van der Waals surface area contributed by atoms with Crippen molar-refractivity contribution in [1.82, 2.24) is 15.3 Å². The summed E-state index contributed by atoms with van der Waals surface area (Å²) >= 11 is 5.90. The Morgan fingerprint density at radius 3 is 3.00 bits per heavy atom. The molecule has 6 heteroatoms. The fourth-order valence-corrected chi connectivity index (χ4v) is 2.41. The largest absolute Gasteiger partial charge is 0.393 e. The van der Waals surface area contributed by atoms with Crippen LogP contribution in [-0.4, -0.2) is 27.2 Å². The molecule has 3 rings (SSSR count). The van der Waals surface area contributed by atoms with Crippen LogP contribution in [0.5, 0.6) is 0 Å². The van der Waals surface area contributed by atoms with E-state index in [1.807, 2.05) is 0 Å². The molecular formula is C13H14ClN3O2. The molecule has 3 N–H and O–H groups in total. The molecule has 1 aliphatic rings. The highest BCUT2D eigenvalue weighted by Crippen LogP contribution is 2.19. The van der Waals surface area contributed by atoms with Crippen molar-refractivity contribution in [1.29, 1.82) is 0 Å². The quantitative estimate of drug-likeness (QED) is 0.789. The molecule has 1 aliphatic carbocycles. The summed E-state index contributed by atoms with van der Waals surface area (Å²) < 4.78 is 0. The summed E-state index contributed by atoms with van der Waals surface area (Å²) in [5, 5.41) is 13.5. The molecule has 1 aromatic heterocycles. The van der Waals surface area contributed by atoms with Crippen LogP contribution in [0, 0.1) is 0 Å². The molecule has 0 radical (unpaired) electrons. The van der Waals surface area contributed by atoms with Crippen molar-refractivity contribution in [2.75, 3.05) is 0 Å². The van der Waals surface area contributed by atoms with Crippen LogP contribution in [0.15, 0.2) is 23.0 Å². The van der Waals surface area contributed by atoms with E-state index in [0.717, 1.165) is 12.8 Å². The van der Waals surface area contributed by atoms with Crippen LogP contribution < -0.4 is 10.9 Å².